The Morgan fingerprint density at radius 3 is 2.67 bits per heavy atom. The first-order valence-electron chi connectivity index (χ1n) is 8.04. The molecule has 1 amide bonds. The van der Waals surface area contributed by atoms with Gasteiger partial charge >= 0.3 is 5.57 Å². The Morgan fingerprint density at radius 1 is 1.41 bits per heavy atom. The van der Waals surface area contributed by atoms with Crippen LogP contribution in [-0.2, 0) is 0 Å². The number of carbonyl (C=O) groups excluding carboxylic acids is 1. The molecule has 3 N–H and O–H groups in total. The summed E-state index contributed by atoms with van der Waals surface area (Å²) in [4.78, 5) is 18.8. The van der Waals surface area contributed by atoms with Gasteiger partial charge in [0, 0.05) is 42.6 Å². The van der Waals surface area contributed by atoms with Crippen molar-refractivity contribution in [1.82, 2.24) is 4.98 Å². The molecule has 1 aliphatic heterocycles. The highest BCUT2D eigenvalue weighted by Crippen LogP contribution is 2.28. The number of alkyl halides is 3. The fourth-order valence-electron chi connectivity index (χ4n) is 2.71. The molecule has 144 valence electrons. The largest absolute Gasteiger partial charge is 0.487 e. The zero-order chi connectivity index (χ0) is 19.6. The standard InChI is InChI=1S/C17H16BrClF2N4O2/c18-14-7-10(8-23-15(14)25-6-5-11(22)9-25)16(26)24-12-1-3-13(4-2-12)27-17(19,20)21/h1-4,7-8,11H,5-6,9,22H2,(H,24,26)/t11-/m0/s1. The van der Waals surface area contributed by atoms with Gasteiger partial charge < -0.3 is 20.7 Å². The van der Waals surface area contributed by atoms with E-state index in [1.54, 1.807) is 6.07 Å². The van der Waals surface area contributed by atoms with E-state index in [0.717, 1.165) is 18.8 Å². The summed E-state index contributed by atoms with van der Waals surface area (Å²) >= 11 is 8.15. The molecule has 1 aromatic heterocycles. The number of nitrogens with one attached hydrogen (secondary N) is 1. The number of aromatic nitrogens is 1. The van der Waals surface area contributed by atoms with Crippen LogP contribution in [0.3, 0.4) is 0 Å². The summed E-state index contributed by atoms with van der Waals surface area (Å²) in [5.41, 5.74) is 2.89. The van der Waals surface area contributed by atoms with E-state index < -0.39 is 5.57 Å². The molecule has 0 radical (unpaired) electrons. The Kier molecular flexibility index (Phi) is 5.83. The fourth-order valence-corrected chi connectivity index (χ4v) is 3.40. The number of nitrogens with zero attached hydrogens (tertiary/aromatic N) is 2. The predicted molar refractivity (Wildman–Crippen MR) is 103 cm³/mol. The van der Waals surface area contributed by atoms with Crippen LogP contribution < -0.4 is 20.7 Å². The number of hydrogen-bond acceptors (Lipinski definition) is 5. The molecule has 27 heavy (non-hydrogen) atoms. The van der Waals surface area contributed by atoms with E-state index in [0.29, 0.717) is 22.3 Å². The molecular formula is C17H16BrClF2N4O2. The number of ether oxygens (including phenoxy) is 1. The smallest absolute Gasteiger partial charge is 0.420 e. The summed E-state index contributed by atoms with van der Waals surface area (Å²) in [5.74, 6) is 0.234. The molecule has 1 fully saturated rings. The van der Waals surface area contributed by atoms with Gasteiger partial charge in [-0.25, -0.2) is 4.98 Å². The Bertz CT molecular complexity index is 833. The van der Waals surface area contributed by atoms with Gasteiger partial charge in [0.05, 0.1) is 10.0 Å². The van der Waals surface area contributed by atoms with Crippen molar-refractivity contribution in [3.8, 4) is 5.75 Å². The van der Waals surface area contributed by atoms with Crippen LogP contribution in [0.2, 0.25) is 0 Å². The average molecular weight is 462 g/mol. The fraction of sp³-hybridized carbons (Fsp3) is 0.294. The van der Waals surface area contributed by atoms with Crippen molar-refractivity contribution in [2.24, 2.45) is 5.73 Å². The summed E-state index contributed by atoms with van der Waals surface area (Å²) < 4.78 is 30.1. The summed E-state index contributed by atoms with van der Waals surface area (Å²) in [7, 11) is 0. The number of halogens is 4. The van der Waals surface area contributed by atoms with E-state index in [-0.39, 0.29) is 17.7 Å². The molecule has 0 spiro atoms. The van der Waals surface area contributed by atoms with Gasteiger partial charge in [-0.3, -0.25) is 4.79 Å². The average Bonchev–Trinajstić information content (AvgIpc) is 3.01. The maximum atomic E-state index is 12.6. The monoisotopic (exact) mass is 460 g/mol. The van der Waals surface area contributed by atoms with Gasteiger partial charge in [0.1, 0.15) is 11.6 Å². The van der Waals surface area contributed by atoms with Gasteiger partial charge in [0.25, 0.3) is 5.91 Å². The molecular weight excluding hydrogens is 446 g/mol. The number of hydrogen-bond donors (Lipinski definition) is 2. The molecule has 0 aliphatic carbocycles. The topological polar surface area (TPSA) is 80.5 Å². The maximum absolute atomic E-state index is 12.6. The lowest BCUT2D eigenvalue weighted by Gasteiger charge is -2.18. The minimum absolute atomic E-state index is 0.118. The summed E-state index contributed by atoms with van der Waals surface area (Å²) in [6, 6.07) is 7.20. The molecule has 0 bridgehead atoms. The molecule has 10 heteroatoms. The zero-order valence-corrected chi connectivity index (χ0v) is 16.3. The molecule has 3 rings (SSSR count). The van der Waals surface area contributed by atoms with Gasteiger partial charge in [0.2, 0.25) is 0 Å². The molecule has 2 aromatic rings. The lowest BCUT2D eigenvalue weighted by atomic mass is 10.2. The highest BCUT2D eigenvalue weighted by atomic mass is 79.9. The lowest BCUT2D eigenvalue weighted by Crippen LogP contribution is -2.27. The zero-order valence-electron chi connectivity index (χ0n) is 14.0. The second-order valence-electron chi connectivity index (χ2n) is 6.05. The number of nitrogens with two attached hydrogens (primary N) is 1. The highest BCUT2D eigenvalue weighted by Gasteiger charge is 2.27. The van der Waals surface area contributed by atoms with Crippen LogP contribution in [0, 0.1) is 0 Å². The lowest BCUT2D eigenvalue weighted by molar-refractivity contribution is -0.0964. The Morgan fingerprint density at radius 2 is 2.11 bits per heavy atom. The van der Waals surface area contributed by atoms with Crippen molar-refractivity contribution < 1.29 is 18.3 Å². The Hall–Kier alpha value is -1.97. The molecule has 2 heterocycles. The van der Waals surface area contributed by atoms with Crippen molar-refractivity contribution in [2.45, 2.75) is 18.0 Å². The first-order valence-corrected chi connectivity index (χ1v) is 9.21. The highest BCUT2D eigenvalue weighted by molar-refractivity contribution is 9.10. The minimum Gasteiger partial charge on any atom is -0.420 e. The van der Waals surface area contributed by atoms with Crippen LogP contribution >= 0.6 is 27.5 Å². The number of anilines is 2. The molecule has 0 saturated carbocycles. The second-order valence-corrected chi connectivity index (χ2v) is 7.34. The molecule has 0 unspecified atom stereocenters. The number of benzene rings is 1. The van der Waals surface area contributed by atoms with E-state index >= 15 is 0 Å². The van der Waals surface area contributed by atoms with Crippen molar-refractivity contribution in [1.29, 1.82) is 0 Å². The molecule has 6 nitrogen and oxygen atoms in total. The number of amides is 1. The van der Waals surface area contributed by atoms with Crippen molar-refractivity contribution in [2.75, 3.05) is 23.3 Å². The van der Waals surface area contributed by atoms with Crippen LogP contribution in [0.1, 0.15) is 16.8 Å². The minimum atomic E-state index is -3.79. The van der Waals surface area contributed by atoms with Gasteiger partial charge in [0.15, 0.2) is 0 Å². The molecule has 1 saturated heterocycles. The van der Waals surface area contributed by atoms with Gasteiger partial charge in [-0.05, 0) is 52.7 Å². The molecule has 1 aromatic carbocycles. The van der Waals surface area contributed by atoms with E-state index in [9.17, 15) is 13.6 Å². The van der Waals surface area contributed by atoms with Crippen LogP contribution in [0.15, 0.2) is 41.0 Å². The third-order valence-electron chi connectivity index (χ3n) is 3.95. The van der Waals surface area contributed by atoms with Crippen LogP contribution in [0.25, 0.3) is 0 Å². The summed E-state index contributed by atoms with van der Waals surface area (Å²) in [6.45, 7) is 1.53. The quantitative estimate of drug-likeness (QED) is 0.662. The number of pyridine rings is 1. The molecule has 1 atom stereocenters. The van der Waals surface area contributed by atoms with E-state index in [4.69, 9.17) is 17.3 Å². The number of rotatable bonds is 5. The van der Waals surface area contributed by atoms with Crippen LogP contribution in [0.5, 0.6) is 5.75 Å². The van der Waals surface area contributed by atoms with Gasteiger partial charge in [-0.15, -0.1) is 8.78 Å². The van der Waals surface area contributed by atoms with E-state index in [1.165, 1.54) is 30.5 Å². The SMILES string of the molecule is N[C@H]1CCN(c2ncc(C(=O)Nc3ccc(OC(F)(F)Cl)cc3)cc2Br)C1. The van der Waals surface area contributed by atoms with Gasteiger partial charge in [-0.1, -0.05) is 0 Å². The second kappa shape index (κ2) is 7.95. The summed E-state index contributed by atoms with van der Waals surface area (Å²) in [6.07, 6.45) is 2.37. The molecule has 1 aliphatic rings. The predicted octanol–water partition coefficient (Wildman–Crippen LogP) is 3.80. The first kappa shape index (κ1) is 19.8. The first-order chi connectivity index (χ1) is 12.7. The normalized spacial score (nSPS) is 17.1. The van der Waals surface area contributed by atoms with E-state index in [2.05, 4.69) is 35.9 Å². The third-order valence-corrected chi connectivity index (χ3v) is 4.61. The third kappa shape index (κ3) is 5.27. The Labute approximate surface area is 167 Å². The Balaban J connectivity index is 1.66. The van der Waals surface area contributed by atoms with Gasteiger partial charge in [-0.2, -0.15) is 0 Å². The van der Waals surface area contributed by atoms with Crippen molar-refractivity contribution in [3.05, 3.63) is 46.6 Å². The van der Waals surface area contributed by atoms with Crippen molar-refractivity contribution in [3.63, 3.8) is 0 Å². The maximum Gasteiger partial charge on any atom is 0.487 e. The number of carbonyl (C=O) groups is 1. The van der Waals surface area contributed by atoms with E-state index in [1.807, 2.05) is 0 Å². The van der Waals surface area contributed by atoms with Crippen molar-refractivity contribution >= 4 is 44.9 Å². The van der Waals surface area contributed by atoms with Crippen LogP contribution in [-0.4, -0.2) is 35.6 Å². The summed E-state index contributed by atoms with van der Waals surface area (Å²) in [5, 5.41) is 2.66. The van der Waals surface area contributed by atoms with Crippen LogP contribution in [0.4, 0.5) is 20.3 Å².